The number of aromatic nitrogens is 3. The first kappa shape index (κ1) is 59.8. The zero-order chi connectivity index (χ0) is 57.4. The first-order valence-electron chi connectivity index (χ1n) is 26.4. The number of aromatic hydroxyl groups is 1. The van der Waals surface area contributed by atoms with Gasteiger partial charge in [-0.05, 0) is 86.9 Å². The van der Waals surface area contributed by atoms with Crippen LogP contribution in [0.3, 0.4) is 0 Å². The summed E-state index contributed by atoms with van der Waals surface area (Å²) in [5, 5.41) is 50.3. The third kappa shape index (κ3) is 15.9. The van der Waals surface area contributed by atoms with Gasteiger partial charge in [0.1, 0.15) is 42.0 Å². The van der Waals surface area contributed by atoms with Crippen LogP contribution in [0.25, 0.3) is 10.9 Å². The molecule has 2 fully saturated rings. The highest BCUT2D eigenvalue weighted by Gasteiger charge is 2.54. The molecule has 0 bridgehead atoms. The van der Waals surface area contributed by atoms with Crippen molar-refractivity contribution in [2.24, 2.45) is 17.4 Å². The zero-order valence-corrected chi connectivity index (χ0v) is 44.5. The van der Waals surface area contributed by atoms with Crippen LogP contribution >= 0.6 is 0 Å². The number of benzene rings is 2. The number of amides is 8. The predicted octanol–water partition coefficient (Wildman–Crippen LogP) is -1.98. The van der Waals surface area contributed by atoms with E-state index in [4.69, 9.17) is 16.9 Å². The number of aromatic amines is 2. The van der Waals surface area contributed by atoms with Crippen LogP contribution < -0.4 is 54.0 Å². The molecule has 2 aromatic heterocycles. The Bertz CT molecular complexity index is 2820. The summed E-state index contributed by atoms with van der Waals surface area (Å²) in [6.07, 6.45) is 5.26. The van der Waals surface area contributed by atoms with Crippen LogP contribution in [0.1, 0.15) is 82.5 Å². The molecule has 2 aromatic carbocycles. The molecule has 0 aliphatic carbocycles. The topological polar surface area (TPSA) is 414 Å². The Labute approximate surface area is 456 Å². The number of phenols is 1. The molecule has 26 heteroatoms. The van der Waals surface area contributed by atoms with Crippen LogP contribution in [0.5, 0.6) is 5.75 Å². The Balaban J connectivity index is 1.24. The minimum absolute atomic E-state index is 0.00340. The lowest BCUT2D eigenvalue weighted by Gasteiger charge is -2.37. The molecule has 426 valence electrons. The smallest absolute Gasteiger partial charge is 0.245 e. The lowest BCUT2D eigenvalue weighted by Crippen LogP contribution is -2.65. The average Bonchev–Trinajstić information content (AvgIpc) is 4.32. The molecular weight excluding hydrogens is 1020 g/mol. The second kappa shape index (κ2) is 27.8. The van der Waals surface area contributed by atoms with Crippen LogP contribution in [0.15, 0.2) is 67.3 Å². The van der Waals surface area contributed by atoms with Gasteiger partial charge in [-0.15, -0.1) is 0 Å². The largest absolute Gasteiger partial charge is 0.508 e. The monoisotopic (exact) mass is 1100 g/mol. The van der Waals surface area contributed by atoms with Crippen molar-refractivity contribution < 1.29 is 53.4 Å². The summed E-state index contributed by atoms with van der Waals surface area (Å²) in [6.45, 7) is 5.28. The number of hydrogen-bond acceptors (Lipinski definition) is 14. The fourth-order valence-electron chi connectivity index (χ4n) is 10.0. The van der Waals surface area contributed by atoms with Gasteiger partial charge in [-0.25, -0.2) is 4.98 Å². The number of Topliss-reactive ketones (excluding diaryl/α,β-unsaturated/α-hetero) is 1. The van der Waals surface area contributed by atoms with Gasteiger partial charge in [0.05, 0.1) is 24.7 Å². The maximum atomic E-state index is 14.6. The van der Waals surface area contributed by atoms with E-state index in [2.05, 4.69) is 57.5 Å². The molecule has 0 radical (unpaired) electrons. The Hall–Kier alpha value is -8.39. The summed E-state index contributed by atoms with van der Waals surface area (Å²) >= 11 is 0. The van der Waals surface area contributed by atoms with Gasteiger partial charge in [0.2, 0.25) is 47.3 Å². The van der Waals surface area contributed by atoms with Crippen molar-refractivity contribution >= 4 is 69.9 Å². The second-order valence-corrected chi connectivity index (χ2v) is 20.3. The fourth-order valence-corrected chi connectivity index (χ4v) is 10.0. The maximum Gasteiger partial charge on any atom is 0.245 e. The molecular formula is C53H73N15O11. The van der Waals surface area contributed by atoms with Crippen molar-refractivity contribution in [3.05, 3.63) is 84.1 Å². The molecule has 6 rings (SSSR count). The molecule has 79 heavy (non-hydrogen) atoms. The summed E-state index contributed by atoms with van der Waals surface area (Å²) in [5.74, 6) is -7.53. The van der Waals surface area contributed by atoms with E-state index in [1.807, 2.05) is 6.07 Å². The van der Waals surface area contributed by atoms with Crippen molar-refractivity contribution in [1.29, 1.82) is 5.41 Å². The summed E-state index contributed by atoms with van der Waals surface area (Å²) < 4.78 is 0. The molecule has 6 unspecified atom stereocenters. The van der Waals surface area contributed by atoms with Crippen LogP contribution in [0.2, 0.25) is 0 Å². The number of guanidine groups is 1. The van der Waals surface area contributed by atoms with Gasteiger partial charge >= 0.3 is 0 Å². The van der Waals surface area contributed by atoms with Crippen LogP contribution in [0.4, 0.5) is 0 Å². The number of likely N-dealkylation sites (N-methyl/N-ethyl adjacent to an activating group) is 1. The number of hydrogen-bond donors (Lipinski definition) is 15. The maximum absolute atomic E-state index is 14.6. The number of carbonyl (C=O) groups excluding carboxylic acids is 9. The molecule has 8 amide bonds. The van der Waals surface area contributed by atoms with E-state index in [1.54, 1.807) is 50.1 Å². The summed E-state index contributed by atoms with van der Waals surface area (Å²) in [7, 11) is 0. The molecule has 4 heterocycles. The number of nitrogens with one attached hydrogen (secondary N) is 11. The van der Waals surface area contributed by atoms with E-state index in [0.29, 0.717) is 41.7 Å². The van der Waals surface area contributed by atoms with Crippen LogP contribution in [-0.4, -0.2) is 163 Å². The van der Waals surface area contributed by atoms with Crippen molar-refractivity contribution in [2.45, 2.75) is 133 Å². The number of imidazole rings is 1. The lowest BCUT2D eigenvalue weighted by atomic mass is 9.84. The quantitative estimate of drug-likeness (QED) is 0.0121. The molecule has 17 N–H and O–H groups in total. The van der Waals surface area contributed by atoms with Crippen molar-refractivity contribution in [3.63, 3.8) is 0 Å². The third-order valence-electron chi connectivity index (χ3n) is 14.1. The molecule has 2 saturated heterocycles. The molecule has 0 saturated carbocycles. The van der Waals surface area contributed by atoms with E-state index in [9.17, 15) is 53.4 Å². The van der Waals surface area contributed by atoms with Gasteiger partial charge in [-0.1, -0.05) is 51.1 Å². The third-order valence-corrected chi connectivity index (χ3v) is 14.1. The fraction of sp³-hybridized carbons (Fsp3) is 0.491. The number of carbonyl (C=O) groups is 9. The highest BCUT2D eigenvalue weighted by Crippen LogP contribution is 2.32. The number of primary amides is 1. The van der Waals surface area contributed by atoms with Gasteiger partial charge in [-0.2, -0.15) is 0 Å². The Morgan fingerprint density at radius 3 is 2.04 bits per heavy atom. The highest BCUT2D eigenvalue weighted by molar-refractivity contribution is 6.13. The van der Waals surface area contributed by atoms with Gasteiger partial charge in [-0.3, -0.25) is 53.5 Å². The number of aliphatic hydroxyl groups is 1. The Kier molecular flexibility index (Phi) is 21.0. The Morgan fingerprint density at radius 1 is 0.810 bits per heavy atom. The average molecular weight is 1100 g/mol. The lowest BCUT2D eigenvalue weighted by molar-refractivity contribution is -0.144. The van der Waals surface area contributed by atoms with Crippen LogP contribution in [-0.2, 0) is 62.4 Å². The number of para-hydroxylation sites is 1. The predicted molar refractivity (Wildman–Crippen MR) is 288 cm³/mol. The summed E-state index contributed by atoms with van der Waals surface area (Å²) in [6, 6.07) is 3.42. The molecule has 2 aliphatic heterocycles. The summed E-state index contributed by atoms with van der Waals surface area (Å²) in [5.41, 5.74) is 11.9. The number of nitrogens with two attached hydrogens (primary N) is 2. The van der Waals surface area contributed by atoms with Gasteiger partial charge < -0.3 is 74.2 Å². The molecule has 8 atom stereocenters. The van der Waals surface area contributed by atoms with Gasteiger partial charge in [0.25, 0.3) is 0 Å². The number of H-pyrrole nitrogens is 2. The zero-order valence-electron chi connectivity index (χ0n) is 44.5. The van der Waals surface area contributed by atoms with Crippen molar-refractivity contribution in [2.75, 3.05) is 26.2 Å². The van der Waals surface area contributed by atoms with Crippen molar-refractivity contribution in [1.82, 2.24) is 62.4 Å². The van der Waals surface area contributed by atoms with Crippen molar-refractivity contribution in [3.8, 4) is 5.75 Å². The summed E-state index contributed by atoms with van der Waals surface area (Å²) in [4.78, 5) is 137. The van der Waals surface area contributed by atoms with Crippen LogP contribution in [0, 0.1) is 11.3 Å². The van der Waals surface area contributed by atoms with E-state index < -0.39 is 102 Å². The number of fused-ring (bicyclic) bond motifs is 1. The normalized spacial score (nSPS) is 18.5. The standard InChI is InChI=1S/C53H73N15O11/c1-4-68-20-8-18-53(68,51(54)79)44(72)36(11-7-19-58-52(55)56)62-46(74)38(21-29(2)3)63-47(75)39(22-30-12-14-33(70)15-13-30)64-50(78)42(27-69)67-48(76)40(23-31-25-59-35-10-6-5-9-34(31)35)65-49(77)41(24-32-26-57-28-60-32)66-45(73)37-16-17-43(71)61-37/h5-6,9-10,12-15,25-26,28-29,36-42,59,69-70H,4,7-8,11,16-24,27H2,1-3H3,(H2,54,79)(H,57,60)(H,61,71)(H,62,74)(H,63,75)(H,64,78)(H,65,77)(H,66,73)(H,67,76)(H4,55,56,58)/t36?,37-,38?,39?,40?,41?,42?,53+/m0/s1. The van der Waals surface area contributed by atoms with E-state index >= 15 is 0 Å². The second-order valence-electron chi connectivity index (χ2n) is 20.3. The van der Waals surface area contributed by atoms with Gasteiger partial charge in [0, 0.05) is 55.5 Å². The minimum atomic E-state index is -1.75. The number of aliphatic hydroxyl groups excluding tert-OH is 1. The number of rotatable bonds is 29. The number of nitrogens with zero attached hydrogens (tertiary/aromatic N) is 2. The van der Waals surface area contributed by atoms with E-state index in [0.717, 1.165) is 5.52 Å². The number of phenolic OH excluding ortho intramolecular Hbond substituents is 1. The molecule has 26 nitrogen and oxygen atoms in total. The molecule has 4 aromatic rings. The Morgan fingerprint density at radius 2 is 1.43 bits per heavy atom. The highest BCUT2D eigenvalue weighted by atomic mass is 16.3. The first-order valence-corrected chi connectivity index (χ1v) is 26.4. The first-order chi connectivity index (χ1) is 37.7. The SMILES string of the molecule is CCN1CCC[C@]1(C(N)=O)C(=O)C(CCCNC(=N)N)NC(=O)C(CC(C)C)NC(=O)C(Cc1ccc(O)cc1)NC(=O)C(CO)NC(=O)C(Cc1c[nH]c2ccccc12)NC(=O)C(Cc1c[nH]cn1)NC(=O)[C@@H]1CCC(=O)N1. The number of ketones is 1. The van der Waals surface area contributed by atoms with Gasteiger partial charge in [0.15, 0.2) is 17.3 Å². The van der Waals surface area contributed by atoms with E-state index in [-0.39, 0.29) is 87.9 Å². The number of likely N-dealkylation sites (tertiary alicyclic amines) is 1. The molecule has 2 aliphatic rings. The molecule has 0 spiro atoms. The minimum Gasteiger partial charge on any atom is -0.508 e. The van der Waals surface area contributed by atoms with E-state index in [1.165, 1.54) is 36.8 Å².